The average Bonchev–Trinajstić information content (AvgIpc) is 2.23. The van der Waals surface area contributed by atoms with E-state index in [1.54, 1.807) is 0 Å². The number of hydrogen-bond acceptors (Lipinski definition) is 4. The van der Waals surface area contributed by atoms with Gasteiger partial charge in [-0.25, -0.2) is 0 Å². The molecule has 0 aromatic rings. The Morgan fingerprint density at radius 3 is 2.94 bits per heavy atom. The SMILES string of the molecule is CN(C)CCCN1CCOC(CCO)C1=O. The monoisotopic (exact) mass is 230 g/mol. The zero-order valence-corrected chi connectivity index (χ0v) is 10.2. The van der Waals surface area contributed by atoms with Crippen LogP contribution in [0.2, 0.25) is 0 Å². The molecule has 16 heavy (non-hydrogen) atoms. The number of carbonyl (C=O) groups is 1. The molecule has 1 fully saturated rings. The van der Waals surface area contributed by atoms with Gasteiger partial charge in [0, 0.05) is 26.1 Å². The molecular formula is C11H22N2O3. The Kier molecular flexibility index (Phi) is 5.73. The predicted octanol–water partition coefficient (Wildman–Crippen LogP) is -0.452. The van der Waals surface area contributed by atoms with Crippen molar-refractivity contribution >= 4 is 5.91 Å². The van der Waals surface area contributed by atoms with E-state index >= 15 is 0 Å². The van der Waals surface area contributed by atoms with E-state index in [-0.39, 0.29) is 12.5 Å². The van der Waals surface area contributed by atoms with Gasteiger partial charge in [0.15, 0.2) is 0 Å². The zero-order valence-electron chi connectivity index (χ0n) is 10.2. The first-order valence-electron chi connectivity index (χ1n) is 5.81. The molecule has 94 valence electrons. The van der Waals surface area contributed by atoms with Gasteiger partial charge in [0.1, 0.15) is 6.10 Å². The molecule has 5 heteroatoms. The van der Waals surface area contributed by atoms with Gasteiger partial charge in [-0.3, -0.25) is 4.79 Å². The van der Waals surface area contributed by atoms with Crippen molar-refractivity contribution < 1.29 is 14.6 Å². The topological polar surface area (TPSA) is 53.0 Å². The van der Waals surface area contributed by atoms with Crippen molar-refractivity contribution in [1.29, 1.82) is 0 Å². The minimum Gasteiger partial charge on any atom is -0.396 e. The summed E-state index contributed by atoms with van der Waals surface area (Å²) in [5.74, 6) is 0.0269. The molecule has 1 amide bonds. The first-order valence-corrected chi connectivity index (χ1v) is 5.81. The Morgan fingerprint density at radius 2 is 2.31 bits per heavy atom. The summed E-state index contributed by atoms with van der Waals surface area (Å²) in [7, 11) is 4.05. The van der Waals surface area contributed by atoms with E-state index < -0.39 is 6.10 Å². The third-order valence-corrected chi connectivity index (χ3v) is 2.69. The third-order valence-electron chi connectivity index (χ3n) is 2.69. The van der Waals surface area contributed by atoms with E-state index in [4.69, 9.17) is 9.84 Å². The molecule has 0 aromatic heterocycles. The van der Waals surface area contributed by atoms with Crippen molar-refractivity contribution in [2.45, 2.75) is 18.9 Å². The first kappa shape index (κ1) is 13.4. The highest BCUT2D eigenvalue weighted by atomic mass is 16.5. The van der Waals surface area contributed by atoms with Crippen molar-refractivity contribution in [2.24, 2.45) is 0 Å². The van der Waals surface area contributed by atoms with Crippen LogP contribution in [-0.4, -0.2) is 73.9 Å². The number of amides is 1. The molecule has 0 bridgehead atoms. The van der Waals surface area contributed by atoms with E-state index in [2.05, 4.69) is 4.90 Å². The van der Waals surface area contributed by atoms with Gasteiger partial charge in [-0.1, -0.05) is 0 Å². The van der Waals surface area contributed by atoms with Crippen LogP contribution in [0.4, 0.5) is 0 Å². The molecule has 1 heterocycles. The number of carbonyl (C=O) groups excluding carboxylic acids is 1. The molecule has 0 radical (unpaired) electrons. The number of aliphatic hydroxyl groups is 1. The highest BCUT2D eigenvalue weighted by Gasteiger charge is 2.28. The summed E-state index contributed by atoms with van der Waals surface area (Å²) >= 11 is 0. The second kappa shape index (κ2) is 6.83. The van der Waals surface area contributed by atoms with Crippen LogP contribution in [-0.2, 0) is 9.53 Å². The summed E-state index contributed by atoms with van der Waals surface area (Å²) in [4.78, 5) is 15.8. The van der Waals surface area contributed by atoms with E-state index in [1.807, 2.05) is 19.0 Å². The zero-order chi connectivity index (χ0) is 12.0. The number of ether oxygens (including phenoxy) is 1. The highest BCUT2D eigenvalue weighted by molar-refractivity contribution is 5.81. The summed E-state index contributed by atoms with van der Waals surface area (Å²) in [6.07, 6.45) is 0.950. The molecule has 0 spiro atoms. The van der Waals surface area contributed by atoms with E-state index in [0.717, 1.165) is 19.5 Å². The van der Waals surface area contributed by atoms with Gasteiger partial charge < -0.3 is 19.6 Å². The Labute approximate surface area is 97.0 Å². The lowest BCUT2D eigenvalue weighted by Gasteiger charge is -2.32. The van der Waals surface area contributed by atoms with E-state index in [1.165, 1.54) is 0 Å². The fourth-order valence-corrected chi connectivity index (χ4v) is 1.81. The fourth-order valence-electron chi connectivity index (χ4n) is 1.81. The second-order valence-corrected chi connectivity index (χ2v) is 4.35. The average molecular weight is 230 g/mol. The lowest BCUT2D eigenvalue weighted by atomic mass is 10.2. The largest absolute Gasteiger partial charge is 0.396 e. The lowest BCUT2D eigenvalue weighted by Crippen LogP contribution is -2.48. The Balaban J connectivity index is 2.32. The van der Waals surface area contributed by atoms with Crippen molar-refractivity contribution in [3.63, 3.8) is 0 Å². The van der Waals surface area contributed by atoms with Gasteiger partial charge in [0.25, 0.3) is 5.91 Å². The van der Waals surface area contributed by atoms with Crippen molar-refractivity contribution in [3.8, 4) is 0 Å². The summed E-state index contributed by atoms with van der Waals surface area (Å²) in [5.41, 5.74) is 0. The quantitative estimate of drug-likeness (QED) is 0.671. The molecule has 1 rings (SSSR count). The smallest absolute Gasteiger partial charge is 0.251 e. The van der Waals surface area contributed by atoms with Crippen molar-refractivity contribution in [2.75, 3.05) is 46.9 Å². The van der Waals surface area contributed by atoms with Gasteiger partial charge in [0.05, 0.1) is 6.61 Å². The van der Waals surface area contributed by atoms with Crippen LogP contribution in [0.25, 0.3) is 0 Å². The summed E-state index contributed by atoms with van der Waals surface area (Å²) in [6.45, 7) is 3.02. The summed E-state index contributed by atoms with van der Waals surface area (Å²) < 4.78 is 5.33. The van der Waals surface area contributed by atoms with Crippen LogP contribution >= 0.6 is 0 Å². The minimum atomic E-state index is -0.432. The van der Waals surface area contributed by atoms with Crippen LogP contribution in [0, 0.1) is 0 Å². The maximum Gasteiger partial charge on any atom is 0.251 e. The van der Waals surface area contributed by atoms with Crippen LogP contribution in [0.1, 0.15) is 12.8 Å². The molecule has 5 nitrogen and oxygen atoms in total. The second-order valence-electron chi connectivity index (χ2n) is 4.35. The fraction of sp³-hybridized carbons (Fsp3) is 0.909. The Morgan fingerprint density at radius 1 is 1.56 bits per heavy atom. The van der Waals surface area contributed by atoms with Gasteiger partial charge in [0.2, 0.25) is 0 Å². The predicted molar refractivity (Wildman–Crippen MR) is 61.2 cm³/mol. The van der Waals surface area contributed by atoms with Gasteiger partial charge in [-0.15, -0.1) is 0 Å². The molecule has 1 unspecified atom stereocenters. The normalized spacial score (nSPS) is 21.9. The van der Waals surface area contributed by atoms with Crippen LogP contribution in [0.3, 0.4) is 0 Å². The molecule has 1 aliphatic rings. The lowest BCUT2D eigenvalue weighted by molar-refractivity contribution is -0.154. The highest BCUT2D eigenvalue weighted by Crippen LogP contribution is 2.10. The molecule has 0 saturated carbocycles. The molecule has 0 aromatic carbocycles. The summed E-state index contributed by atoms with van der Waals surface area (Å²) in [6, 6.07) is 0. The molecule has 1 saturated heterocycles. The number of nitrogens with zero attached hydrogens (tertiary/aromatic N) is 2. The van der Waals surface area contributed by atoms with Gasteiger partial charge >= 0.3 is 0 Å². The third kappa shape index (κ3) is 4.08. The van der Waals surface area contributed by atoms with Gasteiger partial charge in [-0.2, -0.15) is 0 Å². The van der Waals surface area contributed by atoms with Crippen LogP contribution in [0.15, 0.2) is 0 Å². The standard InChI is InChI=1S/C11H22N2O3/c1-12(2)5-3-6-13-7-9-16-10(4-8-14)11(13)15/h10,14H,3-9H2,1-2H3. The molecule has 0 aliphatic carbocycles. The van der Waals surface area contributed by atoms with E-state index in [0.29, 0.717) is 19.6 Å². The van der Waals surface area contributed by atoms with Crippen molar-refractivity contribution in [1.82, 2.24) is 9.80 Å². The maximum atomic E-state index is 11.9. The molecule has 1 aliphatic heterocycles. The number of morpholine rings is 1. The molecule has 1 atom stereocenters. The Hall–Kier alpha value is -0.650. The summed E-state index contributed by atoms with van der Waals surface area (Å²) in [5, 5.41) is 8.81. The number of rotatable bonds is 6. The number of hydrogen-bond donors (Lipinski definition) is 1. The molecular weight excluding hydrogens is 208 g/mol. The minimum absolute atomic E-state index is 0.00193. The number of aliphatic hydroxyl groups excluding tert-OH is 1. The van der Waals surface area contributed by atoms with Crippen LogP contribution < -0.4 is 0 Å². The maximum absolute atomic E-state index is 11.9. The van der Waals surface area contributed by atoms with Crippen molar-refractivity contribution in [3.05, 3.63) is 0 Å². The van der Waals surface area contributed by atoms with E-state index in [9.17, 15) is 4.79 Å². The first-order chi connectivity index (χ1) is 7.65. The van der Waals surface area contributed by atoms with Crippen LogP contribution in [0.5, 0.6) is 0 Å². The van der Waals surface area contributed by atoms with Gasteiger partial charge in [-0.05, 0) is 27.1 Å². The Bertz CT molecular complexity index is 219. The molecule has 1 N–H and O–H groups in total.